The van der Waals surface area contributed by atoms with E-state index in [-0.39, 0.29) is 5.91 Å². The van der Waals surface area contributed by atoms with E-state index in [2.05, 4.69) is 25.8 Å². The standard InChI is InChI=1S/C22H28ClN5O/c23-18-3-1-4-20(15-18)26-11-13-27(14-12-26)21-5-2-10-28(17-21)22(29)7-6-19-16-24-8-9-25-19/h1,3-4,8-9,15-16,21H,2,5-7,10-14,17H2. The lowest BCUT2D eigenvalue weighted by Crippen LogP contribution is -2.55. The molecule has 29 heavy (non-hydrogen) atoms. The van der Waals surface area contributed by atoms with Gasteiger partial charge in [-0.2, -0.15) is 0 Å². The van der Waals surface area contributed by atoms with Crippen molar-refractivity contribution in [3.8, 4) is 0 Å². The van der Waals surface area contributed by atoms with Gasteiger partial charge in [0.25, 0.3) is 0 Å². The molecule has 3 heterocycles. The zero-order chi connectivity index (χ0) is 20.1. The number of rotatable bonds is 5. The van der Waals surface area contributed by atoms with E-state index in [0.717, 1.165) is 56.4 Å². The number of hydrogen-bond acceptors (Lipinski definition) is 5. The van der Waals surface area contributed by atoms with Gasteiger partial charge in [0.1, 0.15) is 0 Å². The summed E-state index contributed by atoms with van der Waals surface area (Å²) < 4.78 is 0. The zero-order valence-electron chi connectivity index (χ0n) is 16.7. The van der Waals surface area contributed by atoms with E-state index in [1.807, 2.05) is 23.1 Å². The van der Waals surface area contributed by atoms with Crippen molar-refractivity contribution in [1.29, 1.82) is 0 Å². The number of carbonyl (C=O) groups is 1. The van der Waals surface area contributed by atoms with Crippen LogP contribution in [-0.4, -0.2) is 71.0 Å². The maximum Gasteiger partial charge on any atom is 0.223 e. The summed E-state index contributed by atoms with van der Waals surface area (Å²) >= 11 is 6.14. The van der Waals surface area contributed by atoms with E-state index in [9.17, 15) is 4.79 Å². The molecule has 0 spiro atoms. The number of piperidine rings is 1. The van der Waals surface area contributed by atoms with Crippen LogP contribution in [0.5, 0.6) is 0 Å². The Labute approximate surface area is 177 Å². The van der Waals surface area contributed by atoms with Crippen LogP contribution in [0, 0.1) is 0 Å². The molecule has 1 aromatic carbocycles. The maximum absolute atomic E-state index is 12.7. The molecule has 2 aliphatic rings. The lowest BCUT2D eigenvalue weighted by Gasteiger charge is -2.44. The van der Waals surface area contributed by atoms with Crippen LogP contribution in [0.1, 0.15) is 25.0 Å². The van der Waals surface area contributed by atoms with Crippen molar-refractivity contribution >= 4 is 23.2 Å². The number of hydrogen-bond donors (Lipinski definition) is 0. The Hall–Kier alpha value is -2.18. The lowest BCUT2D eigenvalue weighted by molar-refractivity contribution is -0.133. The Morgan fingerprint density at radius 2 is 2.00 bits per heavy atom. The number of amides is 1. The highest BCUT2D eigenvalue weighted by Gasteiger charge is 2.29. The first-order chi connectivity index (χ1) is 14.2. The molecule has 0 aliphatic carbocycles. The molecular formula is C22H28ClN5O. The number of halogens is 1. The van der Waals surface area contributed by atoms with Crippen molar-refractivity contribution in [3.05, 3.63) is 53.6 Å². The largest absolute Gasteiger partial charge is 0.369 e. The Bertz CT molecular complexity index is 810. The molecule has 4 rings (SSSR count). The first-order valence-electron chi connectivity index (χ1n) is 10.5. The van der Waals surface area contributed by atoms with Gasteiger partial charge in [0.05, 0.1) is 5.69 Å². The van der Waals surface area contributed by atoms with Crippen molar-refractivity contribution in [3.63, 3.8) is 0 Å². The fraction of sp³-hybridized carbons (Fsp3) is 0.500. The summed E-state index contributed by atoms with van der Waals surface area (Å²) in [5.41, 5.74) is 2.08. The van der Waals surface area contributed by atoms with Crippen LogP contribution in [0.15, 0.2) is 42.9 Å². The minimum Gasteiger partial charge on any atom is -0.369 e. The molecule has 7 heteroatoms. The Morgan fingerprint density at radius 1 is 1.14 bits per heavy atom. The number of piperazine rings is 1. The second kappa shape index (κ2) is 9.55. The molecular weight excluding hydrogens is 386 g/mol. The number of likely N-dealkylation sites (tertiary alicyclic amines) is 1. The predicted octanol–water partition coefficient (Wildman–Crippen LogP) is 2.88. The molecule has 1 aromatic heterocycles. The van der Waals surface area contributed by atoms with Crippen LogP contribution in [0.25, 0.3) is 0 Å². The minimum atomic E-state index is 0.234. The summed E-state index contributed by atoms with van der Waals surface area (Å²) in [6.45, 7) is 5.77. The number of carbonyl (C=O) groups excluding carboxylic acids is 1. The highest BCUT2D eigenvalue weighted by Crippen LogP contribution is 2.23. The second-order valence-corrected chi connectivity index (χ2v) is 8.27. The molecule has 1 unspecified atom stereocenters. The van der Waals surface area contributed by atoms with E-state index in [1.54, 1.807) is 18.6 Å². The van der Waals surface area contributed by atoms with E-state index in [4.69, 9.17) is 11.6 Å². The van der Waals surface area contributed by atoms with E-state index < -0.39 is 0 Å². The minimum absolute atomic E-state index is 0.234. The number of aryl methyl sites for hydroxylation is 1. The van der Waals surface area contributed by atoms with Gasteiger partial charge >= 0.3 is 0 Å². The molecule has 2 aromatic rings. The smallest absolute Gasteiger partial charge is 0.223 e. The van der Waals surface area contributed by atoms with Crippen LogP contribution >= 0.6 is 11.6 Å². The normalized spacial score (nSPS) is 20.7. The first kappa shape index (κ1) is 20.1. The maximum atomic E-state index is 12.7. The van der Waals surface area contributed by atoms with Crippen LogP contribution in [0.2, 0.25) is 5.02 Å². The number of nitrogens with zero attached hydrogens (tertiary/aromatic N) is 5. The molecule has 0 N–H and O–H groups in total. The van der Waals surface area contributed by atoms with Gasteiger partial charge < -0.3 is 9.80 Å². The van der Waals surface area contributed by atoms with Crippen LogP contribution in [-0.2, 0) is 11.2 Å². The average Bonchev–Trinajstić information content (AvgIpc) is 2.78. The van der Waals surface area contributed by atoms with Crippen molar-refractivity contribution in [2.45, 2.75) is 31.7 Å². The topological polar surface area (TPSA) is 52.6 Å². The summed E-state index contributed by atoms with van der Waals surface area (Å²) in [7, 11) is 0. The summed E-state index contributed by atoms with van der Waals surface area (Å²) in [5.74, 6) is 0.234. The van der Waals surface area contributed by atoms with Crippen LogP contribution in [0.4, 0.5) is 5.69 Å². The molecule has 1 atom stereocenters. The van der Waals surface area contributed by atoms with Gasteiger partial charge in [0, 0.05) is 81.0 Å². The number of aromatic nitrogens is 2. The lowest BCUT2D eigenvalue weighted by atomic mass is 10.0. The Morgan fingerprint density at radius 3 is 2.76 bits per heavy atom. The molecule has 1 amide bonds. The highest BCUT2D eigenvalue weighted by atomic mass is 35.5. The molecule has 6 nitrogen and oxygen atoms in total. The monoisotopic (exact) mass is 413 g/mol. The fourth-order valence-corrected chi connectivity index (χ4v) is 4.53. The van der Waals surface area contributed by atoms with Crippen molar-refractivity contribution in [2.75, 3.05) is 44.2 Å². The van der Waals surface area contributed by atoms with Gasteiger partial charge in [-0.1, -0.05) is 17.7 Å². The average molecular weight is 414 g/mol. The third kappa shape index (κ3) is 5.25. The molecule has 2 aliphatic heterocycles. The van der Waals surface area contributed by atoms with Crippen molar-refractivity contribution in [2.24, 2.45) is 0 Å². The van der Waals surface area contributed by atoms with Crippen LogP contribution in [0.3, 0.4) is 0 Å². The highest BCUT2D eigenvalue weighted by molar-refractivity contribution is 6.30. The number of benzene rings is 1. The van der Waals surface area contributed by atoms with Gasteiger partial charge in [-0.05, 0) is 37.5 Å². The fourth-order valence-electron chi connectivity index (χ4n) is 4.35. The summed E-state index contributed by atoms with van der Waals surface area (Å²) in [6, 6.07) is 8.55. The van der Waals surface area contributed by atoms with Crippen molar-refractivity contribution < 1.29 is 4.79 Å². The molecule has 0 radical (unpaired) electrons. The summed E-state index contributed by atoms with van der Waals surface area (Å²) in [5, 5.41) is 0.785. The molecule has 2 fully saturated rings. The summed E-state index contributed by atoms with van der Waals surface area (Å²) in [4.78, 5) is 28.1. The van der Waals surface area contributed by atoms with E-state index in [1.165, 1.54) is 12.1 Å². The number of anilines is 1. The Kier molecular flexibility index (Phi) is 6.62. The van der Waals surface area contributed by atoms with Gasteiger partial charge in [-0.15, -0.1) is 0 Å². The third-order valence-electron chi connectivity index (χ3n) is 5.96. The van der Waals surface area contributed by atoms with E-state index >= 15 is 0 Å². The van der Waals surface area contributed by atoms with Gasteiger partial charge in [-0.25, -0.2) is 0 Å². The SMILES string of the molecule is O=C(CCc1cnccn1)N1CCCC(N2CCN(c3cccc(Cl)c3)CC2)C1. The quantitative estimate of drug-likeness (QED) is 0.754. The van der Waals surface area contributed by atoms with Gasteiger partial charge in [-0.3, -0.25) is 19.7 Å². The Balaban J connectivity index is 1.27. The molecule has 0 saturated carbocycles. The van der Waals surface area contributed by atoms with E-state index in [0.29, 0.717) is 18.9 Å². The molecule has 2 saturated heterocycles. The van der Waals surface area contributed by atoms with Gasteiger partial charge in [0.2, 0.25) is 5.91 Å². The molecule has 154 valence electrons. The predicted molar refractivity (Wildman–Crippen MR) is 115 cm³/mol. The van der Waals surface area contributed by atoms with Crippen LogP contribution < -0.4 is 4.90 Å². The molecule has 0 bridgehead atoms. The third-order valence-corrected chi connectivity index (χ3v) is 6.20. The second-order valence-electron chi connectivity index (χ2n) is 7.84. The van der Waals surface area contributed by atoms with Crippen molar-refractivity contribution in [1.82, 2.24) is 19.8 Å². The summed E-state index contributed by atoms with van der Waals surface area (Å²) in [6.07, 6.45) is 8.50. The first-order valence-corrected chi connectivity index (χ1v) is 10.8. The van der Waals surface area contributed by atoms with Gasteiger partial charge in [0.15, 0.2) is 0 Å². The zero-order valence-corrected chi connectivity index (χ0v) is 17.5.